The number of benzene rings is 2. The third-order valence-electron chi connectivity index (χ3n) is 6.72. The van der Waals surface area contributed by atoms with Gasteiger partial charge in [-0.3, -0.25) is 0 Å². The first-order chi connectivity index (χ1) is 18.9. The summed E-state index contributed by atoms with van der Waals surface area (Å²) < 4.78 is 50.8. The van der Waals surface area contributed by atoms with Crippen LogP contribution in [-0.4, -0.2) is 39.0 Å². The number of aryl methyl sites for hydroxylation is 1. The van der Waals surface area contributed by atoms with Gasteiger partial charge in [0.15, 0.2) is 0 Å². The molecular weight excluding hydrogens is 520 g/mol. The molecule has 2 aromatic heterocycles. The molecule has 2 heterocycles. The molecule has 6 nitrogen and oxygen atoms in total. The molecule has 0 aliphatic rings. The fourth-order valence-corrected chi connectivity index (χ4v) is 5.39. The number of aliphatic hydroxyl groups is 1. The van der Waals surface area contributed by atoms with Crippen molar-refractivity contribution < 1.29 is 22.8 Å². The van der Waals surface area contributed by atoms with Gasteiger partial charge in [0.2, 0.25) is 0 Å². The van der Waals surface area contributed by atoms with E-state index in [4.69, 9.17) is 4.74 Å². The van der Waals surface area contributed by atoms with Crippen LogP contribution in [0.4, 0.5) is 8.78 Å². The second-order valence-corrected chi connectivity index (χ2v) is 10.7. The van der Waals surface area contributed by atoms with Crippen molar-refractivity contribution in [1.29, 1.82) is 0 Å². The maximum atomic E-state index is 15.4. The molecule has 39 heavy (non-hydrogen) atoms. The molecule has 0 fully saturated rings. The van der Waals surface area contributed by atoms with Crippen molar-refractivity contribution in [2.75, 3.05) is 19.8 Å². The van der Waals surface area contributed by atoms with Crippen molar-refractivity contribution in [3.8, 4) is 11.1 Å². The molecule has 208 valence electrons. The van der Waals surface area contributed by atoms with Crippen LogP contribution >= 0.6 is 0 Å². The van der Waals surface area contributed by atoms with Crippen molar-refractivity contribution in [3.63, 3.8) is 0 Å². The first-order valence-electron chi connectivity index (χ1n) is 13.4. The van der Waals surface area contributed by atoms with Gasteiger partial charge in [-0.2, -0.15) is 0 Å². The third-order valence-corrected chi connectivity index (χ3v) is 7.89. The molecule has 0 spiro atoms. The SMILES string of the molecule is CCCCCCc1ccc(F)c(C(O)c2c[nH]c3ncc(-c4ccc(S(=O)NCCOCC)cc4)cc23)c1F. The largest absolute Gasteiger partial charge is 0.383 e. The number of fused-ring (bicyclic) bond motifs is 1. The van der Waals surface area contributed by atoms with Gasteiger partial charge in [0.25, 0.3) is 0 Å². The van der Waals surface area contributed by atoms with E-state index in [1.54, 1.807) is 24.5 Å². The molecule has 0 amide bonds. The Labute approximate surface area is 230 Å². The van der Waals surface area contributed by atoms with Gasteiger partial charge < -0.3 is 14.8 Å². The maximum absolute atomic E-state index is 15.4. The van der Waals surface area contributed by atoms with E-state index in [0.29, 0.717) is 53.2 Å². The van der Waals surface area contributed by atoms with E-state index in [1.807, 2.05) is 25.1 Å². The number of ether oxygens (including phenoxy) is 1. The fourth-order valence-electron chi connectivity index (χ4n) is 4.57. The van der Waals surface area contributed by atoms with E-state index < -0.39 is 28.7 Å². The predicted octanol–water partition coefficient (Wildman–Crippen LogP) is 6.36. The van der Waals surface area contributed by atoms with Gasteiger partial charge in [-0.05, 0) is 55.2 Å². The van der Waals surface area contributed by atoms with Gasteiger partial charge in [-0.15, -0.1) is 0 Å². The van der Waals surface area contributed by atoms with Crippen molar-refractivity contribution in [2.45, 2.75) is 57.0 Å². The Bertz CT molecular complexity index is 1410. The summed E-state index contributed by atoms with van der Waals surface area (Å²) in [6.45, 7) is 5.58. The minimum atomic E-state index is -1.50. The number of nitrogens with one attached hydrogen (secondary N) is 2. The molecule has 0 saturated heterocycles. The van der Waals surface area contributed by atoms with Crippen LogP contribution in [0.3, 0.4) is 0 Å². The lowest BCUT2D eigenvalue weighted by molar-refractivity contribution is 0.153. The molecule has 9 heteroatoms. The number of halogens is 2. The first-order valence-corrected chi connectivity index (χ1v) is 14.5. The monoisotopic (exact) mass is 555 g/mol. The Morgan fingerprint density at radius 2 is 1.87 bits per heavy atom. The second-order valence-electron chi connectivity index (χ2n) is 9.40. The lowest BCUT2D eigenvalue weighted by atomic mass is 9.95. The van der Waals surface area contributed by atoms with Crippen LogP contribution in [0.5, 0.6) is 0 Å². The van der Waals surface area contributed by atoms with E-state index in [1.165, 1.54) is 12.1 Å². The molecule has 2 unspecified atom stereocenters. The fraction of sp³-hybridized carbons (Fsp3) is 0.367. The molecule has 4 rings (SSSR count). The van der Waals surface area contributed by atoms with E-state index >= 15 is 4.39 Å². The number of hydrogen-bond donors (Lipinski definition) is 3. The second kappa shape index (κ2) is 13.9. The summed E-state index contributed by atoms with van der Waals surface area (Å²) in [5.74, 6) is -1.48. The van der Waals surface area contributed by atoms with Crippen molar-refractivity contribution >= 4 is 22.0 Å². The lowest BCUT2D eigenvalue weighted by Gasteiger charge is -2.15. The number of hydrogen-bond acceptors (Lipinski definition) is 4. The van der Waals surface area contributed by atoms with Crippen LogP contribution < -0.4 is 4.72 Å². The molecule has 2 atom stereocenters. The summed E-state index contributed by atoms with van der Waals surface area (Å²) in [6, 6.07) is 11.7. The summed E-state index contributed by atoms with van der Waals surface area (Å²) in [4.78, 5) is 8.07. The van der Waals surface area contributed by atoms with Crippen LogP contribution in [0.2, 0.25) is 0 Å². The number of H-pyrrole nitrogens is 1. The number of pyridine rings is 1. The number of aromatic amines is 1. The highest BCUT2D eigenvalue weighted by atomic mass is 32.2. The molecular formula is C30H35F2N3O3S. The number of aromatic nitrogens is 2. The first kappa shape index (κ1) is 29.0. The highest BCUT2D eigenvalue weighted by Crippen LogP contribution is 2.34. The van der Waals surface area contributed by atoms with E-state index in [-0.39, 0.29) is 5.56 Å². The average molecular weight is 556 g/mol. The summed E-state index contributed by atoms with van der Waals surface area (Å²) in [6.07, 6.45) is 6.13. The Morgan fingerprint density at radius 3 is 2.62 bits per heavy atom. The number of unbranched alkanes of at least 4 members (excludes halogenated alkanes) is 3. The minimum absolute atomic E-state index is 0.344. The number of nitrogens with zero attached hydrogens (tertiary/aromatic N) is 1. The Balaban J connectivity index is 1.57. The normalized spacial score (nSPS) is 13.2. The maximum Gasteiger partial charge on any atom is 0.137 e. The molecule has 0 aliphatic heterocycles. The third kappa shape index (κ3) is 6.97. The average Bonchev–Trinajstić information content (AvgIpc) is 3.38. The zero-order valence-electron chi connectivity index (χ0n) is 22.3. The van der Waals surface area contributed by atoms with Crippen molar-refractivity contribution in [1.82, 2.24) is 14.7 Å². The predicted molar refractivity (Wildman–Crippen MR) is 151 cm³/mol. The Kier molecular flexibility index (Phi) is 10.3. The van der Waals surface area contributed by atoms with Crippen LogP contribution in [-0.2, 0) is 22.1 Å². The molecule has 0 radical (unpaired) electrons. The van der Waals surface area contributed by atoms with E-state index in [0.717, 1.165) is 36.8 Å². The van der Waals surface area contributed by atoms with Crippen molar-refractivity contribution in [2.24, 2.45) is 0 Å². The standard InChI is InChI=1S/C30H35F2N3O3S/c1-3-5-6-7-8-21-11-14-26(31)27(28(21)32)29(36)25-19-34-30-24(25)17-22(18-33-30)20-9-12-23(13-10-20)39(37)35-15-16-38-4-2/h9-14,17-19,29,35-36H,3-8,15-16H2,1-2H3,(H,33,34). The molecule has 2 aromatic carbocycles. The highest BCUT2D eigenvalue weighted by molar-refractivity contribution is 7.83. The molecule has 3 N–H and O–H groups in total. The Morgan fingerprint density at radius 1 is 1.08 bits per heavy atom. The van der Waals surface area contributed by atoms with Gasteiger partial charge in [-0.25, -0.2) is 22.7 Å². The van der Waals surface area contributed by atoms with Crippen LogP contribution in [0.25, 0.3) is 22.2 Å². The number of rotatable bonds is 14. The topological polar surface area (TPSA) is 87.2 Å². The van der Waals surface area contributed by atoms with Crippen LogP contribution in [0.1, 0.15) is 62.3 Å². The van der Waals surface area contributed by atoms with Crippen LogP contribution in [0, 0.1) is 11.6 Å². The molecule has 4 aromatic rings. The van der Waals surface area contributed by atoms with Gasteiger partial charge >= 0.3 is 0 Å². The molecule has 0 bridgehead atoms. The van der Waals surface area contributed by atoms with Gasteiger partial charge in [0.1, 0.15) is 34.4 Å². The van der Waals surface area contributed by atoms with Crippen molar-refractivity contribution in [3.05, 3.63) is 83.2 Å². The summed E-state index contributed by atoms with van der Waals surface area (Å²) in [7, 11) is -1.36. The smallest absolute Gasteiger partial charge is 0.137 e. The van der Waals surface area contributed by atoms with E-state index in [9.17, 15) is 13.7 Å². The molecule has 0 saturated carbocycles. The number of aliphatic hydroxyl groups excluding tert-OH is 1. The zero-order valence-corrected chi connectivity index (χ0v) is 23.1. The van der Waals surface area contributed by atoms with Gasteiger partial charge in [0.05, 0.1) is 17.1 Å². The van der Waals surface area contributed by atoms with Gasteiger partial charge in [0, 0.05) is 42.1 Å². The van der Waals surface area contributed by atoms with Gasteiger partial charge in [-0.1, -0.05) is 44.4 Å². The summed E-state index contributed by atoms with van der Waals surface area (Å²) >= 11 is 0. The lowest BCUT2D eigenvalue weighted by Crippen LogP contribution is -2.22. The summed E-state index contributed by atoms with van der Waals surface area (Å²) in [5, 5.41) is 11.7. The van der Waals surface area contributed by atoms with E-state index in [2.05, 4.69) is 21.6 Å². The Hall–Kier alpha value is -2.98. The zero-order chi connectivity index (χ0) is 27.8. The minimum Gasteiger partial charge on any atom is -0.383 e. The quantitative estimate of drug-likeness (QED) is 0.158. The highest BCUT2D eigenvalue weighted by Gasteiger charge is 2.25. The summed E-state index contributed by atoms with van der Waals surface area (Å²) in [5.41, 5.74) is 2.48. The van der Waals surface area contributed by atoms with Crippen LogP contribution in [0.15, 0.2) is 59.8 Å². The molecule has 0 aliphatic carbocycles.